The summed E-state index contributed by atoms with van der Waals surface area (Å²) in [6.45, 7) is -0.135. The first kappa shape index (κ1) is 13.9. The lowest BCUT2D eigenvalue weighted by atomic mass is 10.2. The molecule has 3 nitrogen and oxygen atoms in total. The molecular formula is C14H10ClF3N2O. The third kappa shape index (κ3) is 3.95. The van der Waals surface area contributed by atoms with Crippen LogP contribution < -0.4 is 5.32 Å². The van der Waals surface area contributed by atoms with Crippen LogP contribution in [0.2, 0.25) is 5.02 Å². The number of nitrogens with zero attached hydrogens (tertiary/aromatic N) is 1. The molecule has 0 spiro atoms. The van der Waals surface area contributed by atoms with E-state index in [9.17, 15) is 18.0 Å². The van der Waals surface area contributed by atoms with Crippen molar-refractivity contribution in [2.24, 2.45) is 0 Å². The summed E-state index contributed by atoms with van der Waals surface area (Å²) in [6, 6.07) is 6.96. The summed E-state index contributed by atoms with van der Waals surface area (Å²) in [5.41, 5.74) is -0.680. The molecule has 7 heteroatoms. The number of nitrogens with one attached hydrogen (secondary N) is 1. The number of aromatic nitrogens is 1. The number of carbonyl (C=O) groups is 1. The molecule has 1 heterocycles. The van der Waals surface area contributed by atoms with Crippen LogP contribution in [0.15, 0.2) is 42.6 Å². The van der Waals surface area contributed by atoms with Crippen LogP contribution in [0.5, 0.6) is 0 Å². The molecule has 0 saturated heterocycles. The van der Waals surface area contributed by atoms with E-state index in [-0.39, 0.29) is 28.9 Å². The Morgan fingerprint density at radius 1 is 1.38 bits per heavy atom. The highest BCUT2D eigenvalue weighted by atomic mass is 35.5. The van der Waals surface area contributed by atoms with Crippen LogP contribution in [-0.2, 0) is 12.7 Å². The number of rotatable bonds is 3. The molecule has 110 valence electrons. The average molecular weight is 317 g/mol. The van der Waals surface area contributed by atoms with Crippen LogP contribution in [0.1, 0.15) is 23.0 Å². The highest BCUT2D eigenvalue weighted by molar-refractivity contribution is 6.31. The van der Waals surface area contributed by atoms with Gasteiger partial charge < -0.3 is 5.32 Å². The molecule has 0 fully saturated rings. The molecule has 0 atom stereocenters. The van der Waals surface area contributed by atoms with E-state index in [2.05, 4.69) is 10.3 Å². The smallest absolute Gasteiger partial charge is 0.346 e. The predicted octanol–water partition coefficient (Wildman–Crippen LogP) is 3.68. The second kappa shape index (κ2) is 6.13. The molecule has 1 amide bonds. The molecule has 1 aromatic heterocycles. The summed E-state index contributed by atoms with van der Waals surface area (Å²) in [7, 11) is 0. The van der Waals surface area contributed by atoms with Crippen molar-refractivity contribution in [3.05, 3.63) is 64.4 Å². The van der Waals surface area contributed by atoms with Gasteiger partial charge in [0.15, 0.2) is 0 Å². The molecule has 0 radical (unpaired) electrons. The maximum Gasteiger partial charge on any atom is 0.417 e. The first-order valence-electron chi connectivity index (χ1n) is 6.34. The van der Waals surface area contributed by atoms with E-state index in [1.54, 1.807) is 12.1 Å². The Kier molecular flexibility index (Phi) is 4.06. The summed E-state index contributed by atoms with van der Waals surface area (Å²) in [5.74, 6) is -0.525. The van der Waals surface area contributed by atoms with E-state index in [1.165, 1.54) is 12.1 Å². The van der Waals surface area contributed by atoms with E-state index >= 15 is 0 Å². The molecule has 1 aromatic carbocycles. The Bertz CT molecular complexity index is 707. The fourth-order valence-corrected chi connectivity index (χ4v) is 1.78. The monoisotopic (exact) mass is 316 g/mol. The summed E-state index contributed by atoms with van der Waals surface area (Å²) >= 11 is 5.75. The number of hydrogen-bond acceptors (Lipinski definition) is 2. The lowest BCUT2D eigenvalue weighted by Gasteiger charge is -2.10. The third-order valence-corrected chi connectivity index (χ3v) is 2.94. The zero-order chi connectivity index (χ0) is 16.3. The van der Waals surface area contributed by atoms with Gasteiger partial charge in [-0.2, -0.15) is 13.2 Å². The second-order valence-corrected chi connectivity index (χ2v) is 4.52. The van der Waals surface area contributed by atoms with Gasteiger partial charge in [0.25, 0.3) is 5.91 Å². The molecule has 1 N–H and O–H groups in total. The van der Waals surface area contributed by atoms with Crippen LogP contribution >= 0.6 is 11.6 Å². The lowest BCUT2D eigenvalue weighted by molar-refractivity contribution is -0.137. The van der Waals surface area contributed by atoms with Gasteiger partial charge >= 0.3 is 6.18 Å². The van der Waals surface area contributed by atoms with Crippen LogP contribution in [0.25, 0.3) is 0 Å². The number of pyridine rings is 1. The largest absolute Gasteiger partial charge is 0.417 e. The minimum Gasteiger partial charge on any atom is -0.346 e. The molecule has 2 rings (SSSR count). The summed E-state index contributed by atoms with van der Waals surface area (Å²) < 4.78 is 45.1. The number of halogens is 4. The Balaban J connectivity index is 2.09. The van der Waals surface area contributed by atoms with Crippen molar-refractivity contribution in [1.82, 2.24) is 10.3 Å². The predicted molar refractivity (Wildman–Crippen MR) is 71.9 cm³/mol. The molecule has 0 bridgehead atoms. The quantitative estimate of drug-likeness (QED) is 0.938. The fourth-order valence-electron chi connectivity index (χ4n) is 1.55. The fraction of sp³-hybridized carbons (Fsp3) is 0.143. The molecule has 0 aliphatic carbocycles. The molecular weight excluding hydrogens is 305 g/mol. The van der Waals surface area contributed by atoms with E-state index < -0.39 is 17.6 Å². The minimum absolute atomic E-state index is 0.0477. The van der Waals surface area contributed by atoms with Crippen LogP contribution in [0.3, 0.4) is 0 Å². The van der Waals surface area contributed by atoms with Crippen molar-refractivity contribution in [1.29, 1.82) is 0 Å². The van der Waals surface area contributed by atoms with Gasteiger partial charge in [-0.15, -0.1) is 0 Å². The number of benzene rings is 1. The first-order chi connectivity index (χ1) is 10.3. The molecule has 21 heavy (non-hydrogen) atoms. The Labute approximate surface area is 125 Å². The van der Waals surface area contributed by atoms with Crippen molar-refractivity contribution < 1.29 is 19.3 Å². The second-order valence-electron chi connectivity index (χ2n) is 4.11. The topological polar surface area (TPSA) is 42.0 Å². The zero-order valence-corrected chi connectivity index (χ0v) is 11.3. The highest BCUT2D eigenvalue weighted by Gasteiger charge is 2.31. The maximum absolute atomic E-state index is 12.5. The van der Waals surface area contributed by atoms with Gasteiger partial charge in [0.2, 0.25) is 0 Å². The van der Waals surface area contributed by atoms with Crippen molar-refractivity contribution in [2.45, 2.75) is 12.7 Å². The number of carbonyl (C=O) groups excluding carboxylic acids is 1. The summed E-state index contributed by atoms with van der Waals surface area (Å²) in [6.07, 6.45) is -3.87. The minimum atomic E-state index is -4.53. The average Bonchev–Trinajstić information content (AvgIpc) is 2.45. The van der Waals surface area contributed by atoms with E-state index in [1.807, 2.05) is 0 Å². The summed E-state index contributed by atoms with van der Waals surface area (Å²) in [5, 5.41) is 2.28. The lowest BCUT2D eigenvalue weighted by Crippen LogP contribution is -2.23. The Morgan fingerprint density at radius 2 is 2.14 bits per heavy atom. The van der Waals surface area contributed by atoms with Gasteiger partial charge in [-0.25, -0.2) is 0 Å². The maximum atomic E-state index is 12.5. The SMILES string of the molecule is [3H]c1ccccc1C(=O)NCc1ncc(C(F)(F)F)cc1Cl. The molecule has 2 aromatic rings. The zero-order valence-electron chi connectivity index (χ0n) is 11.5. The highest BCUT2D eigenvalue weighted by Crippen LogP contribution is 2.30. The van der Waals surface area contributed by atoms with E-state index in [0.717, 1.165) is 6.07 Å². The summed E-state index contributed by atoms with van der Waals surface area (Å²) in [4.78, 5) is 15.5. The van der Waals surface area contributed by atoms with Gasteiger partial charge in [-0.1, -0.05) is 29.8 Å². The Morgan fingerprint density at radius 3 is 2.76 bits per heavy atom. The van der Waals surface area contributed by atoms with Crippen molar-refractivity contribution in [3.8, 4) is 0 Å². The third-order valence-electron chi connectivity index (χ3n) is 2.61. The van der Waals surface area contributed by atoms with Gasteiger partial charge in [-0.3, -0.25) is 9.78 Å². The van der Waals surface area contributed by atoms with Gasteiger partial charge in [0.05, 0.1) is 24.2 Å². The van der Waals surface area contributed by atoms with Gasteiger partial charge in [-0.05, 0) is 18.2 Å². The van der Waals surface area contributed by atoms with Crippen LogP contribution in [0.4, 0.5) is 13.2 Å². The standard InChI is InChI=1S/C14H10ClF3N2O/c15-11-6-10(14(16,17)18)7-19-12(11)8-20-13(21)9-4-2-1-3-5-9/h1-7H,8H2,(H,20,21)/i4T. The molecule has 0 unspecified atom stereocenters. The van der Waals surface area contributed by atoms with Crippen molar-refractivity contribution >= 4 is 17.5 Å². The van der Waals surface area contributed by atoms with Crippen molar-refractivity contribution in [3.63, 3.8) is 0 Å². The molecule has 0 aliphatic heterocycles. The number of alkyl halides is 3. The van der Waals surface area contributed by atoms with E-state index in [0.29, 0.717) is 6.20 Å². The van der Waals surface area contributed by atoms with E-state index in [4.69, 9.17) is 13.0 Å². The Hall–Kier alpha value is -2.08. The number of hydrogen-bond donors (Lipinski definition) is 1. The van der Waals surface area contributed by atoms with Crippen LogP contribution in [0, 0.1) is 0 Å². The van der Waals surface area contributed by atoms with Crippen molar-refractivity contribution in [2.75, 3.05) is 0 Å². The normalized spacial score (nSPS) is 11.9. The molecule has 0 aliphatic rings. The van der Waals surface area contributed by atoms with Gasteiger partial charge in [0.1, 0.15) is 0 Å². The van der Waals surface area contributed by atoms with Gasteiger partial charge in [0, 0.05) is 11.8 Å². The first-order valence-corrected chi connectivity index (χ1v) is 6.22. The van der Waals surface area contributed by atoms with Crippen LogP contribution in [-0.4, -0.2) is 10.9 Å². The number of amides is 1. The molecule has 0 saturated carbocycles.